The van der Waals surface area contributed by atoms with E-state index >= 15 is 0 Å². The van der Waals surface area contributed by atoms with Gasteiger partial charge in [-0.2, -0.15) is 0 Å². The number of ether oxygens (including phenoxy) is 4. The predicted octanol–water partition coefficient (Wildman–Crippen LogP) is 4.51. The lowest BCUT2D eigenvalue weighted by molar-refractivity contribution is -0.161. The molecule has 0 spiro atoms. The Morgan fingerprint density at radius 2 is 1.55 bits per heavy atom. The standard InChI is InChI=1S/C39H70N4O11S/c1-10-52-34(46)30-19-18-29(24-27(30)16-15-23-51-8)42-35(47)39(20-12-13-21-39)25-28(33(45)53-37(2,3)4)26-41-32(44)31(43-55(9,49)50)17-11-14-22-40-36(48)54-38(5,6)7/h27-31,43H,10-26H2,1-9H3,(H,40,48)(H,41,44)(H,42,47)/t27-,28-,29?,30+,31-/m0/s1. The number of amides is 3. The van der Waals surface area contributed by atoms with E-state index in [9.17, 15) is 32.4 Å². The fraction of sp³-hybridized carbons (Fsp3) is 0.872. The summed E-state index contributed by atoms with van der Waals surface area (Å²) in [5.41, 5.74) is -2.35. The monoisotopic (exact) mass is 802 g/mol. The molecule has 1 unspecified atom stereocenters. The van der Waals surface area contributed by atoms with Gasteiger partial charge in [-0.25, -0.2) is 17.9 Å². The second-order valence-corrected chi connectivity index (χ2v) is 19.1. The molecule has 2 aliphatic rings. The van der Waals surface area contributed by atoms with E-state index in [1.807, 2.05) is 0 Å². The molecular formula is C39H70N4O11S. The zero-order valence-electron chi connectivity index (χ0n) is 34.8. The van der Waals surface area contributed by atoms with E-state index in [0.717, 1.165) is 31.9 Å². The van der Waals surface area contributed by atoms with Crippen LogP contribution in [-0.4, -0.2) is 101 Å². The van der Waals surface area contributed by atoms with Crippen molar-refractivity contribution in [3.63, 3.8) is 0 Å². The van der Waals surface area contributed by atoms with Crippen molar-refractivity contribution in [1.82, 2.24) is 20.7 Å². The molecule has 0 saturated heterocycles. The maximum Gasteiger partial charge on any atom is 0.407 e. The first kappa shape index (κ1) is 48.2. The fourth-order valence-electron chi connectivity index (χ4n) is 7.60. The van der Waals surface area contributed by atoms with E-state index in [1.54, 1.807) is 55.6 Å². The van der Waals surface area contributed by atoms with Gasteiger partial charge in [-0.15, -0.1) is 0 Å². The van der Waals surface area contributed by atoms with Crippen molar-refractivity contribution >= 4 is 39.9 Å². The number of rotatable bonds is 21. The highest BCUT2D eigenvalue weighted by atomic mass is 32.2. The molecule has 0 bridgehead atoms. The number of hydrogen-bond acceptors (Lipinski definition) is 11. The van der Waals surface area contributed by atoms with Gasteiger partial charge in [0.05, 0.1) is 30.1 Å². The summed E-state index contributed by atoms with van der Waals surface area (Å²) in [7, 11) is -2.13. The molecule has 0 heterocycles. The molecule has 4 N–H and O–H groups in total. The first-order valence-electron chi connectivity index (χ1n) is 20.0. The number of alkyl carbamates (subject to hydrolysis) is 1. The van der Waals surface area contributed by atoms with Crippen molar-refractivity contribution < 1.29 is 51.3 Å². The highest BCUT2D eigenvalue weighted by molar-refractivity contribution is 7.88. The van der Waals surface area contributed by atoms with Crippen LogP contribution < -0.4 is 20.7 Å². The Labute approximate surface area is 329 Å². The minimum atomic E-state index is -3.78. The van der Waals surface area contributed by atoms with E-state index in [1.165, 1.54) is 0 Å². The van der Waals surface area contributed by atoms with Crippen LogP contribution in [0.1, 0.15) is 132 Å². The Balaban J connectivity index is 2.18. The van der Waals surface area contributed by atoms with Crippen molar-refractivity contribution in [3.05, 3.63) is 0 Å². The summed E-state index contributed by atoms with van der Waals surface area (Å²) >= 11 is 0. The first-order valence-corrected chi connectivity index (χ1v) is 21.9. The van der Waals surface area contributed by atoms with Crippen molar-refractivity contribution in [3.8, 4) is 0 Å². The second-order valence-electron chi connectivity index (χ2n) is 17.3. The summed E-state index contributed by atoms with van der Waals surface area (Å²) in [6.45, 7) is 13.3. The number of carbonyl (C=O) groups excluding carboxylic acids is 5. The SMILES string of the molecule is CCOC(=O)[C@@H]1CCC(NC(=O)C2(C[C@@H](CNC(=O)[C@H](CCCCNC(=O)OC(C)(C)C)NS(C)(=O)=O)C(=O)OC(C)(C)C)CCCC2)C[C@@H]1CCCOC. The average molecular weight is 803 g/mol. The predicted molar refractivity (Wildman–Crippen MR) is 208 cm³/mol. The van der Waals surface area contributed by atoms with E-state index in [0.29, 0.717) is 58.2 Å². The summed E-state index contributed by atoms with van der Waals surface area (Å²) in [5, 5.41) is 8.73. The molecule has 55 heavy (non-hydrogen) atoms. The average Bonchev–Trinajstić information content (AvgIpc) is 3.54. The lowest BCUT2D eigenvalue weighted by Gasteiger charge is -2.38. The summed E-state index contributed by atoms with van der Waals surface area (Å²) in [4.78, 5) is 66.3. The van der Waals surface area contributed by atoms with Crippen LogP contribution in [0.3, 0.4) is 0 Å². The lowest BCUT2D eigenvalue weighted by Crippen LogP contribution is -2.51. The Morgan fingerprint density at radius 3 is 2.13 bits per heavy atom. The van der Waals surface area contributed by atoms with Gasteiger partial charge in [0, 0.05) is 32.8 Å². The number of carbonyl (C=O) groups is 5. The second kappa shape index (κ2) is 22.1. The molecule has 5 atom stereocenters. The van der Waals surface area contributed by atoms with E-state index in [4.69, 9.17) is 18.9 Å². The molecule has 0 aromatic carbocycles. The summed E-state index contributed by atoms with van der Waals surface area (Å²) in [6, 6.07) is -1.27. The van der Waals surface area contributed by atoms with Gasteiger partial charge < -0.3 is 34.9 Å². The maximum absolute atomic E-state index is 14.3. The highest BCUT2D eigenvalue weighted by Gasteiger charge is 2.46. The molecule has 16 heteroatoms. The van der Waals surface area contributed by atoms with Crippen LogP contribution in [-0.2, 0) is 48.1 Å². The van der Waals surface area contributed by atoms with Crippen LogP contribution in [0.5, 0.6) is 0 Å². The topological polar surface area (TPSA) is 205 Å². The molecule has 2 rings (SSSR count). The van der Waals surface area contributed by atoms with Crippen molar-refractivity contribution in [2.24, 2.45) is 23.2 Å². The summed E-state index contributed by atoms with van der Waals surface area (Å²) in [6.07, 6.45) is 7.72. The van der Waals surface area contributed by atoms with Gasteiger partial charge in [0.2, 0.25) is 21.8 Å². The van der Waals surface area contributed by atoms with Gasteiger partial charge >= 0.3 is 18.0 Å². The maximum atomic E-state index is 14.3. The third-order valence-corrected chi connectivity index (χ3v) is 10.7. The molecule has 0 aromatic rings. The number of hydrogen-bond donors (Lipinski definition) is 4. The molecule has 0 aliphatic heterocycles. The Hall–Kier alpha value is -2.98. The van der Waals surface area contributed by atoms with Crippen molar-refractivity contribution in [2.75, 3.05) is 39.7 Å². The van der Waals surface area contributed by atoms with Crippen LogP contribution in [0.4, 0.5) is 4.79 Å². The smallest absolute Gasteiger partial charge is 0.407 e. The van der Waals surface area contributed by atoms with Gasteiger partial charge in [0.15, 0.2) is 0 Å². The Morgan fingerprint density at radius 1 is 0.891 bits per heavy atom. The van der Waals surface area contributed by atoms with Crippen molar-refractivity contribution in [1.29, 1.82) is 0 Å². The van der Waals surface area contributed by atoms with Gasteiger partial charge in [-0.1, -0.05) is 12.8 Å². The zero-order valence-corrected chi connectivity index (χ0v) is 35.6. The number of unbranched alkanes of at least 4 members (excludes halogenated alkanes) is 1. The molecule has 318 valence electrons. The van der Waals surface area contributed by atoms with Crippen molar-refractivity contribution in [2.45, 2.75) is 155 Å². The summed E-state index contributed by atoms with van der Waals surface area (Å²) in [5.74, 6) is -2.59. The number of methoxy groups -OCH3 is 1. The Bertz CT molecular complexity index is 1370. The quantitative estimate of drug-likeness (QED) is 0.0722. The van der Waals surface area contributed by atoms with Gasteiger partial charge in [-0.05, 0) is 125 Å². The van der Waals surface area contributed by atoms with Gasteiger partial charge in [0.25, 0.3) is 0 Å². The summed E-state index contributed by atoms with van der Waals surface area (Å²) < 4.78 is 48.5. The third kappa shape index (κ3) is 18.2. The van der Waals surface area contributed by atoms with Crippen LogP contribution >= 0.6 is 0 Å². The number of esters is 2. The van der Waals surface area contributed by atoms with Crippen LogP contribution in [0.2, 0.25) is 0 Å². The Kier molecular flexibility index (Phi) is 19.3. The van der Waals surface area contributed by atoms with Gasteiger partial charge in [0.1, 0.15) is 17.2 Å². The normalized spacial score (nSPS) is 21.1. The third-order valence-electron chi connectivity index (χ3n) is 10.0. The lowest BCUT2D eigenvalue weighted by atomic mass is 9.73. The zero-order chi connectivity index (χ0) is 41.5. The molecular weight excluding hydrogens is 733 g/mol. The van der Waals surface area contributed by atoms with E-state index in [2.05, 4.69) is 20.7 Å². The molecule has 0 radical (unpaired) electrons. The number of sulfonamides is 1. The van der Waals surface area contributed by atoms with E-state index < -0.39 is 56.6 Å². The number of nitrogens with one attached hydrogen (secondary N) is 4. The molecule has 15 nitrogen and oxygen atoms in total. The fourth-order valence-corrected chi connectivity index (χ4v) is 8.34. The minimum Gasteiger partial charge on any atom is -0.466 e. The largest absolute Gasteiger partial charge is 0.466 e. The molecule has 0 aromatic heterocycles. The van der Waals surface area contributed by atoms with Gasteiger partial charge in [-0.3, -0.25) is 19.2 Å². The molecule has 3 amide bonds. The van der Waals surface area contributed by atoms with Crippen LogP contribution in [0.15, 0.2) is 0 Å². The minimum absolute atomic E-state index is 0.0345. The van der Waals surface area contributed by atoms with Crippen LogP contribution in [0, 0.1) is 23.2 Å². The molecule has 2 aliphatic carbocycles. The van der Waals surface area contributed by atoms with E-state index in [-0.39, 0.29) is 55.7 Å². The highest BCUT2D eigenvalue weighted by Crippen LogP contribution is 2.45. The first-order chi connectivity index (χ1) is 25.6. The van der Waals surface area contributed by atoms with Crippen LogP contribution in [0.25, 0.3) is 0 Å². The molecule has 2 saturated carbocycles. The molecule has 2 fully saturated rings.